The maximum Gasteiger partial charge on any atom is 0.191 e. The van der Waals surface area contributed by atoms with Gasteiger partial charge >= 0.3 is 0 Å². The fraction of sp³-hybridized carbons (Fsp3) is 0.588. The number of rotatable bonds is 7. The molecular formula is C17H29IN4O. The molecule has 0 amide bonds. The molecule has 1 aliphatic carbocycles. The smallest absolute Gasteiger partial charge is 0.191 e. The van der Waals surface area contributed by atoms with Gasteiger partial charge in [0.05, 0.1) is 13.2 Å². The molecule has 0 spiro atoms. The van der Waals surface area contributed by atoms with Crippen molar-refractivity contribution in [2.75, 3.05) is 41.3 Å². The zero-order valence-corrected chi connectivity index (χ0v) is 16.8. The summed E-state index contributed by atoms with van der Waals surface area (Å²) in [6.45, 7) is 1.83. The predicted molar refractivity (Wildman–Crippen MR) is 107 cm³/mol. The van der Waals surface area contributed by atoms with Gasteiger partial charge in [0.15, 0.2) is 5.96 Å². The van der Waals surface area contributed by atoms with E-state index in [2.05, 4.69) is 46.8 Å². The van der Waals surface area contributed by atoms with Crippen molar-refractivity contribution in [1.82, 2.24) is 15.5 Å². The standard InChI is InChI=1S/C17H28N4O.HI/c1-18-17(19-11-13-5-6-13)20-12-16(21(2)3)14-7-9-15(22-4)10-8-14;/h7-10,13,16H,5-6,11-12H2,1-4H3,(H2,18,19,20);1H. The van der Waals surface area contributed by atoms with Gasteiger partial charge in [-0.05, 0) is 50.6 Å². The highest BCUT2D eigenvalue weighted by molar-refractivity contribution is 14.0. The van der Waals surface area contributed by atoms with E-state index in [4.69, 9.17) is 4.74 Å². The lowest BCUT2D eigenvalue weighted by Crippen LogP contribution is -2.42. The highest BCUT2D eigenvalue weighted by atomic mass is 127. The zero-order valence-electron chi connectivity index (χ0n) is 14.5. The first-order valence-corrected chi connectivity index (χ1v) is 7.89. The van der Waals surface area contributed by atoms with Crippen LogP contribution in [0.3, 0.4) is 0 Å². The van der Waals surface area contributed by atoms with Crippen LogP contribution in [0.1, 0.15) is 24.4 Å². The van der Waals surface area contributed by atoms with Gasteiger partial charge < -0.3 is 20.3 Å². The first-order chi connectivity index (χ1) is 10.6. The maximum atomic E-state index is 5.23. The molecule has 6 heteroatoms. The first kappa shape index (κ1) is 20.0. The number of benzene rings is 1. The lowest BCUT2D eigenvalue weighted by atomic mass is 10.1. The van der Waals surface area contributed by atoms with Gasteiger partial charge in [-0.3, -0.25) is 4.99 Å². The fourth-order valence-corrected chi connectivity index (χ4v) is 2.40. The van der Waals surface area contributed by atoms with Crippen molar-refractivity contribution in [3.8, 4) is 5.75 Å². The van der Waals surface area contributed by atoms with Crippen molar-refractivity contribution in [3.63, 3.8) is 0 Å². The molecule has 1 aliphatic rings. The van der Waals surface area contributed by atoms with Crippen LogP contribution in [0.5, 0.6) is 5.75 Å². The van der Waals surface area contributed by atoms with E-state index in [1.54, 1.807) is 7.11 Å². The molecule has 5 nitrogen and oxygen atoms in total. The van der Waals surface area contributed by atoms with E-state index in [-0.39, 0.29) is 30.0 Å². The number of aliphatic imine (C=N–C) groups is 1. The van der Waals surface area contributed by atoms with Crippen molar-refractivity contribution in [3.05, 3.63) is 29.8 Å². The fourth-order valence-electron chi connectivity index (χ4n) is 2.40. The molecule has 1 saturated carbocycles. The van der Waals surface area contributed by atoms with Crippen LogP contribution in [0.15, 0.2) is 29.3 Å². The topological polar surface area (TPSA) is 48.9 Å². The van der Waals surface area contributed by atoms with Gasteiger partial charge in [-0.25, -0.2) is 0 Å². The second kappa shape index (κ2) is 9.97. The van der Waals surface area contributed by atoms with Crippen LogP contribution < -0.4 is 15.4 Å². The van der Waals surface area contributed by atoms with E-state index in [1.165, 1.54) is 18.4 Å². The molecule has 0 aliphatic heterocycles. The Hall–Kier alpha value is -1.02. The molecule has 1 aromatic carbocycles. The van der Waals surface area contributed by atoms with Crippen LogP contribution in [-0.2, 0) is 0 Å². The normalized spacial score (nSPS) is 15.8. The minimum atomic E-state index is 0. The summed E-state index contributed by atoms with van der Waals surface area (Å²) in [6, 6.07) is 8.53. The lowest BCUT2D eigenvalue weighted by Gasteiger charge is -2.26. The van der Waals surface area contributed by atoms with Gasteiger partial charge in [0.2, 0.25) is 0 Å². The maximum absolute atomic E-state index is 5.23. The van der Waals surface area contributed by atoms with Crippen LogP contribution >= 0.6 is 24.0 Å². The summed E-state index contributed by atoms with van der Waals surface area (Å²) < 4.78 is 5.23. The zero-order chi connectivity index (χ0) is 15.9. The average molecular weight is 432 g/mol. The lowest BCUT2D eigenvalue weighted by molar-refractivity contribution is 0.298. The Balaban J connectivity index is 0.00000264. The van der Waals surface area contributed by atoms with Crippen LogP contribution in [-0.4, -0.2) is 52.2 Å². The molecule has 2 N–H and O–H groups in total. The van der Waals surface area contributed by atoms with E-state index >= 15 is 0 Å². The average Bonchev–Trinajstić information content (AvgIpc) is 3.35. The molecular weight excluding hydrogens is 403 g/mol. The van der Waals surface area contributed by atoms with Crippen molar-refractivity contribution in [2.45, 2.75) is 18.9 Å². The Morgan fingerprint density at radius 2 is 1.91 bits per heavy atom. The number of nitrogens with zero attached hydrogens (tertiary/aromatic N) is 2. The molecule has 0 aromatic heterocycles. The molecule has 0 bridgehead atoms. The van der Waals surface area contributed by atoms with Gasteiger partial charge in [-0.1, -0.05) is 12.1 Å². The molecule has 1 atom stereocenters. The van der Waals surface area contributed by atoms with Crippen molar-refractivity contribution < 1.29 is 4.74 Å². The number of nitrogens with one attached hydrogen (secondary N) is 2. The second-order valence-electron chi connectivity index (χ2n) is 6.03. The number of methoxy groups -OCH3 is 1. The Morgan fingerprint density at radius 1 is 1.26 bits per heavy atom. The van der Waals surface area contributed by atoms with Crippen LogP contribution in [0, 0.1) is 5.92 Å². The molecule has 2 rings (SSSR count). The Morgan fingerprint density at radius 3 is 2.39 bits per heavy atom. The SMILES string of the molecule is CN=C(NCC1CC1)NCC(c1ccc(OC)cc1)N(C)C.I. The van der Waals surface area contributed by atoms with E-state index in [0.29, 0.717) is 0 Å². The monoisotopic (exact) mass is 432 g/mol. The van der Waals surface area contributed by atoms with E-state index in [1.807, 2.05) is 19.2 Å². The molecule has 23 heavy (non-hydrogen) atoms. The Labute approximate surface area is 156 Å². The minimum absolute atomic E-state index is 0. The summed E-state index contributed by atoms with van der Waals surface area (Å²) >= 11 is 0. The summed E-state index contributed by atoms with van der Waals surface area (Å²) in [5.41, 5.74) is 1.26. The summed E-state index contributed by atoms with van der Waals surface area (Å²) in [7, 11) is 7.70. The quantitative estimate of drug-likeness (QED) is 0.395. The summed E-state index contributed by atoms with van der Waals surface area (Å²) in [5.74, 6) is 2.60. The molecule has 0 saturated heterocycles. The Kier molecular flexibility index (Phi) is 8.68. The molecule has 1 fully saturated rings. The molecule has 0 radical (unpaired) electrons. The third-order valence-electron chi connectivity index (χ3n) is 4.07. The van der Waals surface area contributed by atoms with Crippen molar-refractivity contribution in [1.29, 1.82) is 0 Å². The van der Waals surface area contributed by atoms with Gasteiger partial charge in [0.1, 0.15) is 5.75 Å². The summed E-state index contributed by atoms with van der Waals surface area (Å²) in [4.78, 5) is 6.51. The van der Waals surface area contributed by atoms with E-state index in [0.717, 1.165) is 30.7 Å². The molecule has 130 valence electrons. The van der Waals surface area contributed by atoms with Crippen LogP contribution in [0.2, 0.25) is 0 Å². The number of hydrogen-bond donors (Lipinski definition) is 2. The van der Waals surface area contributed by atoms with Crippen molar-refractivity contribution in [2.24, 2.45) is 10.9 Å². The second-order valence-corrected chi connectivity index (χ2v) is 6.03. The highest BCUT2D eigenvalue weighted by Gasteiger charge is 2.21. The third-order valence-corrected chi connectivity index (χ3v) is 4.07. The molecule has 1 unspecified atom stereocenters. The molecule has 0 heterocycles. The summed E-state index contributed by atoms with van der Waals surface area (Å²) in [6.07, 6.45) is 2.69. The number of guanidine groups is 1. The minimum Gasteiger partial charge on any atom is -0.497 e. The number of likely N-dealkylation sites (N-methyl/N-ethyl adjacent to an activating group) is 1. The Bertz CT molecular complexity index is 486. The van der Waals surface area contributed by atoms with Gasteiger partial charge in [-0.15, -0.1) is 24.0 Å². The number of hydrogen-bond acceptors (Lipinski definition) is 3. The van der Waals surface area contributed by atoms with Crippen LogP contribution in [0.25, 0.3) is 0 Å². The largest absolute Gasteiger partial charge is 0.497 e. The highest BCUT2D eigenvalue weighted by Crippen LogP contribution is 2.27. The van der Waals surface area contributed by atoms with Gasteiger partial charge in [-0.2, -0.15) is 0 Å². The third kappa shape index (κ3) is 6.55. The molecule has 1 aromatic rings. The van der Waals surface area contributed by atoms with Gasteiger partial charge in [0.25, 0.3) is 0 Å². The number of ether oxygens (including phenoxy) is 1. The summed E-state index contributed by atoms with van der Waals surface area (Å²) in [5, 5.41) is 6.82. The number of halogens is 1. The van der Waals surface area contributed by atoms with Crippen LogP contribution in [0.4, 0.5) is 0 Å². The van der Waals surface area contributed by atoms with E-state index < -0.39 is 0 Å². The predicted octanol–water partition coefficient (Wildman–Crippen LogP) is 2.49. The van der Waals surface area contributed by atoms with Gasteiger partial charge in [0, 0.05) is 20.1 Å². The first-order valence-electron chi connectivity index (χ1n) is 7.89. The van der Waals surface area contributed by atoms with E-state index in [9.17, 15) is 0 Å². The van der Waals surface area contributed by atoms with Crippen molar-refractivity contribution >= 4 is 29.9 Å².